The van der Waals surface area contributed by atoms with Crippen molar-refractivity contribution in [1.29, 1.82) is 0 Å². The number of hydrogen-bond donors (Lipinski definition) is 1. The molecule has 0 aromatic heterocycles. The fourth-order valence-corrected chi connectivity index (χ4v) is 8.57. The summed E-state index contributed by atoms with van der Waals surface area (Å²) >= 11 is 9.90. The van der Waals surface area contributed by atoms with Crippen LogP contribution in [0.15, 0.2) is 151 Å². The van der Waals surface area contributed by atoms with Gasteiger partial charge in [-0.1, -0.05) is 117 Å². The number of ether oxygens (including phenoxy) is 4. The lowest BCUT2D eigenvalue weighted by Crippen LogP contribution is -2.12. The van der Waals surface area contributed by atoms with E-state index in [1.807, 2.05) is 91.0 Å². The summed E-state index contributed by atoms with van der Waals surface area (Å²) in [6.45, 7) is 15.5. The Morgan fingerprint density at radius 3 is 2.04 bits per heavy atom. The summed E-state index contributed by atoms with van der Waals surface area (Å²) in [5.41, 5.74) is 4.72. The number of allylic oxidation sites excluding steroid dienone is 4. The van der Waals surface area contributed by atoms with Crippen molar-refractivity contribution < 1.29 is 28.5 Å². The van der Waals surface area contributed by atoms with Gasteiger partial charge in [0.05, 0.1) is 13.2 Å². The lowest BCUT2D eigenvalue weighted by molar-refractivity contribution is -0.140. The smallest absolute Gasteiger partial charge is 0.333 e. The van der Waals surface area contributed by atoms with Gasteiger partial charge in [-0.25, -0.2) is 9.59 Å². The van der Waals surface area contributed by atoms with Crippen LogP contribution in [0.5, 0.6) is 5.75 Å². The fraction of sp³-hybridized carbons (Fsp3) is 0.171. The first-order valence-corrected chi connectivity index (χ1v) is 19.0. The monoisotopic (exact) mass is 771 g/mol. The van der Waals surface area contributed by atoms with Crippen LogP contribution in [0.2, 0.25) is 0 Å². The highest BCUT2D eigenvalue weighted by molar-refractivity contribution is 8.34. The van der Waals surface area contributed by atoms with E-state index >= 15 is 0 Å². The van der Waals surface area contributed by atoms with E-state index in [1.54, 1.807) is 55.8 Å². The molecule has 1 aliphatic rings. The van der Waals surface area contributed by atoms with Crippen LogP contribution in [0.1, 0.15) is 30.5 Å². The van der Waals surface area contributed by atoms with Crippen LogP contribution in [0.4, 0.5) is 0 Å². The Morgan fingerprint density at radius 1 is 0.808 bits per heavy atom. The van der Waals surface area contributed by atoms with Crippen LogP contribution in [-0.2, 0) is 23.8 Å². The van der Waals surface area contributed by atoms with E-state index in [0.29, 0.717) is 23.5 Å². The first-order valence-electron chi connectivity index (χ1n) is 16.3. The molecule has 270 valence electrons. The van der Waals surface area contributed by atoms with Gasteiger partial charge in [0, 0.05) is 30.8 Å². The molecule has 0 saturated carbocycles. The highest BCUT2D eigenvalue weighted by atomic mass is 32.3. The molecule has 0 radical (unpaired) electrons. The number of thiol groups is 1. The molecule has 7 nitrogen and oxygen atoms in total. The molecule has 0 aliphatic carbocycles. The van der Waals surface area contributed by atoms with E-state index in [9.17, 15) is 9.59 Å². The first-order chi connectivity index (χ1) is 25.2. The summed E-state index contributed by atoms with van der Waals surface area (Å²) in [6, 6.07) is 28.1. The van der Waals surface area contributed by atoms with Gasteiger partial charge < -0.3 is 18.9 Å². The second-order valence-corrected chi connectivity index (χ2v) is 15.1. The van der Waals surface area contributed by atoms with Crippen LogP contribution in [0, 0.1) is 0 Å². The summed E-state index contributed by atoms with van der Waals surface area (Å²) in [4.78, 5) is 27.2. The Labute approximate surface area is 325 Å². The van der Waals surface area contributed by atoms with E-state index in [0.717, 1.165) is 41.9 Å². The maximum Gasteiger partial charge on any atom is 0.333 e. The SMILES string of the molecule is C=C/C=C(\C=C/COCCOC(=O)C(=C)C)C1=C(c2ccccc2)SN(S/C(=C(\S)c2ccccc2)c2ccc(OCCOC(=O)C(=C)C)cc2)S1. The number of esters is 2. The van der Waals surface area contributed by atoms with Crippen molar-refractivity contribution in [3.8, 4) is 5.75 Å². The number of hydrogen-bond acceptors (Lipinski definition) is 11. The minimum Gasteiger partial charge on any atom is -0.490 e. The van der Waals surface area contributed by atoms with E-state index in [2.05, 4.69) is 35.0 Å². The zero-order valence-electron chi connectivity index (χ0n) is 29.1. The molecule has 3 aromatic carbocycles. The van der Waals surface area contributed by atoms with Crippen LogP contribution < -0.4 is 4.74 Å². The molecule has 0 atom stereocenters. The van der Waals surface area contributed by atoms with Crippen molar-refractivity contribution in [3.63, 3.8) is 0 Å². The first kappa shape index (κ1) is 40.7. The molecule has 1 aliphatic heterocycles. The molecule has 0 spiro atoms. The molecule has 52 heavy (non-hydrogen) atoms. The minimum absolute atomic E-state index is 0.128. The minimum atomic E-state index is -0.438. The molecule has 0 unspecified atom stereocenters. The zero-order chi connectivity index (χ0) is 37.3. The molecule has 11 heteroatoms. The lowest BCUT2D eigenvalue weighted by Gasteiger charge is -2.18. The van der Waals surface area contributed by atoms with E-state index < -0.39 is 11.9 Å². The third-order valence-corrected chi connectivity index (χ3v) is 11.4. The maximum atomic E-state index is 11.7. The maximum absolute atomic E-state index is 11.7. The van der Waals surface area contributed by atoms with E-state index in [4.69, 9.17) is 31.6 Å². The van der Waals surface area contributed by atoms with E-state index in [1.165, 1.54) is 0 Å². The summed E-state index contributed by atoms with van der Waals surface area (Å²) in [6.07, 6.45) is 7.71. The van der Waals surface area contributed by atoms with Gasteiger partial charge in [-0.15, -0.1) is 15.7 Å². The predicted molar refractivity (Wildman–Crippen MR) is 222 cm³/mol. The average Bonchev–Trinajstić information content (AvgIpc) is 3.59. The Morgan fingerprint density at radius 2 is 1.42 bits per heavy atom. The molecule has 0 amide bonds. The molecular weight excluding hydrogens is 731 g/mol. The zero-order valence-corrected chi connectivity index (χ0v) is 32.5. The van der Waals surface area contributed by atoms with Crippen molar-refractivity contribution in [2.24, 2.45) is 0 Å². The largest absolute Gasteiger partial charge is 0.490 e. The number of carbonyl (C=O) groups excluding carboxylic acids is 2. The second kappa shape index (κ2) is 21.4. The number of carbonyl (C=O) groups is 2. The highest BCUT2D eigenvalue weighted by Crippen LogP contribution is 2.58. The van der Waals surface area contributed by atoms with Crippen molar-refractivity contribution in [3.05, 3.63) is 167 Å². The van der Waals surface area contributed by atoms with E-state index in [-0.39, 0.29) is 26.4 Å². The predicted octanol–water partition coefficient (Wildman–Crippen LogP) is 10.4. The standard InChI is InChI=1S/C41H41NO6S4/c1-6-14-32(19-13-24-45-25-26-47-40(43)29(2)3)38-39(33-17-11-8-12-18-33)52-42(51-38)50-37(36(49)31-15-9-7-10-16-31)34-20-22-35(23-21-34)46-27-28-48-41(44)30(4)5/h6-23,49H,1-2,4,24-28H2,3,5H3/b19-13-,32-14+,37-36-. The Hall–Kier alpha value is -4.10. The highest BCUT2D eigenvalue weighted by Gasteiger charge is 2.29. The molecule has 3 aromatic rings. The van der Waals surface area contributed by atoms with Crippen LogP contribution in [0.3, 0.4) is 0 Å². The van der Waals surface area contributed by atoms with Crippen molar-refractivity contribution in [2.75, 3.05) is 33.0 Å². The molecule has 4 rings (SSSR count). The Bertz CT molecular complexity index is 1850. The topological polar surface area (TPSA) is 74.3 Å². The molecule has 0 bridgehead atoms. The molecule has 0 N–H and O–H groups in total. The van der Waals surface area contributed by atoms with Crippen molar-refractivity contribution in [2.45, 2.75) is 13.8 Å². The van der Waals surface area contributed by atoms with Crippen molar-refractivity contribution in [1.82, 2.24) is 3.12 Å². The van der Waals surface area contributed by atoms with Gasteiger partial charge in [-0.2, -0.15) is 0 Å². The quantitative estimate of drug-likeness (QED) is 0.0242. The third-order valence-electron chi connectivity index (χ3n) is 6.93. The van der Waals surface area contributed by atoms with Gasteiger partial charge in [0.15, 0.2) is 0 Å². The van der Waals surface area contributed by atoms with Crippen LogP contribution in [0.25, 0.3) is 14.7 Å². The molecule has 1 heterocycles. The average molecular weight is 772 g/mol. The van der Waals surface area contributed by atoms with Gasteiger partial charge in [0.25, 0.3) is 0 Å². The number of nitrogens with zero attached hydrogens (tertiary/aromatic N) is 1. The summed E-state index contributed by atoms with van der Waals surface area (Å²) in [5.74, 6) is -0.211. The van der Waals surface area contributed by atoms with Gasteiger partial charge in [-0.05, 0) is 84.1 Å². The molecular formula is C41H41NO6S4. The van der Waals surface area contributed by atoms with Gasteiger partial charge >= 0.3 is 11.9 Å². The van der Waals surface area contributed by atoms with Gasteiger partial charge in [0.2, 0.25) is 0 Å². The normalized spacial score (nSPS) is 13.9. The fourth-order valence-electron chi connectivity index (χ4n) is 4.38. The summed E-state index contributed by atoms with van der Waals surface area (Å²) < 4.78 is 23.9. The Kier molecular flexibility index (Phi) is 16.8. The summed E-state index contributed by atoms with van der Waals surface area (Å²) in [5, 5.41) is 0. The number of rotatable bonds is 19. The molecule has 0 saturated heterocycles. The molecule has 0 fully saturated rings. The van der Waals surface area contributed by atoms with Gasteiger partial charge in [0.1, 0.15) is 25.6 Å². The Balaban J connectivity index is 1.54. The van der Waals surface area contributed by atoms with Gasteiger partial charge in [-0.3, -0.25) is 0 Å². The third kappa shape index (κ3) is 12.5. The van der Waals surface area contributed by atoms with Crippen LogP contribution in [-0.4, -0.2) is 48.1 Å². The lowest BCUT2D eigenvalue weighted by atomic mass is 10.1. The van der Waals surface area contributed by atoms with Crippen molar-refractivity contribution >= 4 is 75.1 Å². The number of benzene rings is 3. The summed E-state index contributed by atoms with van der Waals surface area (Å²) in [7, 11) is 0. The second-order valence-electron chi connectivity index (χ2n) is 11.1. The van der Waals surface area contributed by atoms with Crippen LogP contribution >= 0.6 is 48.5 Å².